The van der Waals surface area contributed by atoms with Crippen molar-refractivity contribution in [2.24, 2.45) is 0 Å². The number of aromatic carboxylic acids is 1. The SMILES string of the molecule is CC1CN(c2cc([N+](=O)[O-])ccc2C(=O)O)CCO1. The Hall–Kier alpha value is -2.15. The molecule has 0 aliphatic carbocycles. The van der Waals surface area contributed by atoms with Crippen LogP contribution >= 0.6 is 0 Å². The number of hydrogen-bond acceptors (Lipinski definition) is 5. The van der Waals surface area contributed by atoms with E-state index in [0.29, 0.717) is 25.4 Å². The van der Waals surface area contributed by atoms with Crippen LogP contribution < -0.4 is 4.90 Å². The van der Waals surface area contributed by atoms with E-state index in [1.165, 1.54) is 18.2 Å². The van der Waals surface area contributed by atoms with Gasteiger partial charge in [-0.2, -0.15) is 0 Å². The first-order chi connectivity index (χ1) is 8.99. The van der Waals surface area contributed by atoms with E-state index in [0.717, 1.165) is 0 Å². The van der Waals surface area contributed by atoms with Crippen LogP contribution in [0.5, 0.6) is 0 Å². The summed E-state index contributed by atoms with van der Waals surface area (Å²) < 4.78 is 5.38. The van der Waals surface area contributed by atoms with Crippen molar-refractivity contribution in [2.45, 2.75) is 13.0 Å². The summed E-state index contributed by atoms with van der Waals surface area (Å²) >= 11 is 0. The number of carbonyl (C=O) groups is 1. The topological polar surface area (TPSA) is 92.9 Å². The van der Waals surface area contributed by atoms with Crippen molar-refractivity contribution in [1.82, 2.24) is 0 Å². The van der Waals surface area contributed by atoms with E-state index < -0.39 is 10.9 Å². The monoisotopic (exact) mass is 266 g/mol. The number of morpholine rings is 1. The Balaban J connectivity index is 2.42. The van der Waals surface area contributed by atoms with Crippen molar-refractivity contribution in [3.05, 3.63) is 33.9 Å². The van der Waals surface area contributed by atoms with Crippen LogP contribution in [0.1, 0.15) is 17.3 Å². The van der Waals surface area contributed by atoms with Crippen LogP contribution in [0.4, 0.5) is 11.4 Å². The number of ether oxygens (including phenoxy) is 1. The summed E-state index contributed by atoms with van der Waals surface area (Å²) in [6, 6.07) is 3.79. The third-order valence-corrected chi connectivity index (χ3v) is 3.00. The lowest BCUT2D eigenvalue weighted by Gasteiger charge is -2.33. The number of nitrogens with zero attached hydrogens (tertiary/aromatic N) is 2. The number of nitro groups is 1. The van der Waals surface area contributed by atoms with Gasteiger partial charge in [-0.25, -0.2) is 4.79 Å². The molecule has 0 aromatic heterocycles. The normalized spacial score (nSPS) is 19.2. The number of non-ortho nitro benzene ring substituents is 1. The molecule has 1 N–H and O–H groups in total. The van der Waals surface area contributed by atoms with Gasteiger partial charge in [-0.15, -0.1) is 0 Å². The predicted molar refractivity (Wildman–Crippen MR) is 67.7 cm³/mol. The van der Waals surface area contributed by atoms with E-state index in [4.69, 9.17) is 9.84 Å². The van der Waals surface area contributed by atoms with Crippen molar-refractivity contribution < 1.29 is 19.6 Å². The lowest BCUT2D eigenvalue weighted by atomic mass is 10.1. The van der Waals surface area contributed by atoms with Gasteiger partial charge in [-0.1, -0.05) is 0 Å². The zero-order valence-corrected chi connectivity index (χ0v) is 10.4. The van der Waals surface area contributed by atoms with Gasteiger partial charge >= 0.3 is 5.97 Å². The molecule has 1 aliphatic heterocycles. The largest absolute Gasteiger partial charge is 0.478 e. The number of hydrogen-bond donors (Lipinski definition) is 1. The van der Waals surface area contributed by atoms with E-state index in [9.17, 15) is 14.9 Å². The van der Waals surface area contributed by atoms with Crippen LogP contribution in [0, 0.1) is 10.1 Å². The van der Waals surface area contributed by atoms with Crippen LogP contribution in [-0.2, 0) is 4.74 Å². The van der Waals surface area contributed by atoms with Gasteiger partial charge in [0.15, 0.2) is 0 Å². The standard InChI is InChI=1S/C12H14N2O5/c1-8-7-13(4-5-19-8)11-6-9(14(17)18)2-3-10(11)12(15)16/h2-3,6,8H,4-5,7H2,1H3,(H,15,16). The molecule has 1 aliphatic rings. The number of benzene rings is 1. The smallest absolute Gasteiger partial charge is 0.337 e. The maximum atomic E-state index is 11.2. The molecule has 1 unspecified atom stereocenters. The van der Waals surface area contributed by atoms with Gasteiger partial charge in [-0.05, 0) is 13.0 Å². The molecule has 0 amide bonds. The van der Waals surface area contributed by atoms with Crippen LogP contribution in [0.3, 0.4) is 0 Å². The molecule has 102 valence electrons. The Labute approximate surface area is 109 Å². The molecule has 0 radical (unpaired) electrons. The molecule has 1 aromatic rings. The molecule has 1 saturated heterocycles. The van der Waals surface area contributed by atoms with E-state index in [1.807, 2.05) is 11.8 Å². The number of anilines is 1. The lowest BCUT2D eigenvalue weighted by Crippen LogP contribution is -2.41. The number of rotatable bonds is 3. The second-order valence-corrected chi connectivity index (χ2v) is 4.39. The van der Waals surface area contributed by atoms with Crippen molar-refractivity contribution in [1.29, 1.82) is 0 Å². The van der Waals surface area contributed by atoms with Crippen molar-refractivity contribution in [3.8, 4) is 0 Å². The van der Waals surface area contributed by atoms with Crippen LogP contribution in [0.2, 0.25) is 0 Å². The third kappa shape index (κ3) is 2.82. The summed E-state index contributed by atoms with van der Waals surface area (Å²) in [5.74, 6) is -1.09. The Bertz CT molecular complexity index is 517. The van der Waals surface area contributed by atoms with Crippen molar-refractivity contribution >= 4 is 17.3 Å². The summed E-state index contributed by atoms with van der Waals surface area (Å²) in [6.45, 7) is 3.39. The number of nitro benzene ring substituents is 1. The Morgan fingerprint density at radius 2 is 2.32 bits per heavy atom. The zero-order chi connectivity index (χ0) is 14.0. The summed E-state index contributed by atoms with van der Waals surface area (Å²) in [7, 11) is 0. The van der Waals surface area contributed by atoms with Crippen LogP contribution in [-0.4, -0.2) is 41.8 Å². The van der Waals surface area contributed by atoms with Crippen LogP contribution in [0.15, 0.2) is 18.2 Å². The average Bonchev–Trinajstić information content (AvgIpc) is 2.37. The molecular weight excluding hydrogens is 252 g/mol. The minimum absolute atomic E-state index is 0.0327. The molecule has 7 nitrogen and oxygen atoms in total. The highest BCUT2D eigenvalue weighted by Crippen LogP contribution is 2.27. The summed E-state index contributed by atoms with van der Waals surface area (Å²) in [4.78, 5) is 23.3. The Morgan fingerprint density at radius 1 is 1.58 bits per heavy atom. The summed E-state index contributed by atoms with van der Waals surface area (Å²) in [5.41, 5.74) is 0.329. The maximum Gasteiger partial charge on any atom is 0.337 e. The Morgan fingerprint density at radius 3 is 2.89 bits per heavy atom. The quantitative estimate of drug-likeness (QED) is 0.658. The van der Waals surface area contributed by atoms with Gasteiger partial charge in [-0.3, -0.25) is 10.1 Å². The molecule has 0 saturated carbocycles. The maximum absolute atomic E-state index is 11.2. The molecule has 7 heteroatoms. The lowest BCUT2D eigenvalue weighted by molar-refractivity contribution is -0.384. The van der Waals surface area contributed by atoms with E-state index in [2.05, 4.69) is 0 Å². The first-order valence-corrected chi connectivity index (χ1v) is 5.87. The second kappa shape index (κ2) is 5.23. The molecule has 2 rings (SSSR count). The summed E-state index contributed by atoms with van der Waals surface area (Å²) in [6.07, 6.45) is -0.0327. The highest BCUT2D eigenvalue weighted by molar-refractivity contribution is 5.95. The average molecular weight is 266 g/mol. The minimum Gasteiger partial charge on any atom is -0.478 e. The first kappa shape index (κ1) is 13.3. The van der Waals surface area contributed by atoms with E-state index >= 15 is 0 Å². The molecule has 1 atom stereocenters. The highest BCUT2D eigenvalue weighted by atomic mass is 16.6. The zero-order valence-electron chi connectivity index (χ0n) is 10.4. The van der Waals surface area contributed by atoms with Gasteiger partial charge in [0.05, 0.1) is 28.9 Å². The Kier molecular flexibility index (Phi) is 3.66. The fourth-order valence-electron chi connectivity index (χ4n) is 2.11. The van der Waals surface area contributed by atoms with Gasteiger partial charge in [0, 0.05) is 25.2 Å². The fraction of sp³-hybridized carbons (Fsp3) is 0.417. The van der Waals surface area contributed by atoms with E-state index in [1.54, 1.807) is 0 Å². The van der Waals surface area contributed by atoms with Gasteiger partial charge < -0.3 is 14.7 Å². The van der Waals surface area contributed by atoms with Gasteiger partial charge in [0.2, 0.25) is 0 Å². The highest BCUT2D eigenvalue weighted by Gasteiger charge is 2.23. The van der Waals surface area contributed by atoms with Crippen molar-refractivity contribution in [3.63, 3.8) is 0 Å². The molecule has 1 heterocycles. The van der Waals surface area contributed by atoms with Crippen LogP contribution in [0.25, 0.3) is 0 Å². The molecular formula is C12H14N2O5. The first-order valence-electron chi connectivity index (χ1n) is 5.87. The van der Waals surface area contributed by atoms with E-state index in [-0.39, 0.29) is 17.4 Å². The van der Waals surface area contributed by atoms with Crippen molar-refractivity contribution in [2.75, 3.05) is 24.6 Å². The van der Waals surface area contributed by atoms with Gasteiger partial charge in [0.1, 0.15) is 0 Å². The minimum atomic E-state index is -1.09. The van der Waals surface area contributed by atoms with Gasteiger partial charge in [0.25, 0.3) is 5.69 Å². The molecule has 1 aromatic carbocycles. The third-order valence-electron chi connectivity index (χ3n) is 3.00. The molecule has 0 spiro atoms. The second-order valence-electron chi connectivity index (χ2n) is 4.39. The number of carboxylic acids is 1. The molecule has 1 fully saturated rings. The predicted octanol–water partition coefficient (Wildman–Crippen LogP) is 1.52. The molecule has 0 bridgehead atoms. The summed E-state index contributed by atoms with van der Waals surface area (Å²) in [5, 5.41) is 20.0. The fourth-order valence-corrected chi connectivity index (χ4v) is 2.11. The molecule has 19 heavy (non-hydrogen) atoms. The number of carboxylic acid groups (broad SMARTS) is 1.